The van der Waals surface area contributed by atoms with Crippen LogP contribution in [0.3, 0.4) is 0 Å². The van der Waals surface area contributed by atoms with Gasteiger partial charge in [0.05, 0.1) is 22.9 Å². The van der Waals surface area contributed by atoms with Crippen molar-refractivity contribution in [1.82, 2.24) is 0 Å². The van der Waals surface area contributed by atoms with Gasteiger partial charge in [0.25, 0.3) is 0 Å². The van der Waals surface area contributed by atoms with Gasteiger partial charge in [-0.1, -0.05) is 225 Å². The molecule has 8 aromatic carbocycles. The van der Waals surface area contributed by atoms with Crippen molar-refractivity contribution >= 4 is 22.7 Å². The van der Waals surface area contributed by atoms with Gasteiger partial charge in [-0.2, -0.15) is 0 Å². The molecule has 2 aliphatic heterocycles. The van der Waals surface area contributed by atoms with Gasteiger partial charge >= 0.3 is 0 Å². The van der Waals surface area contributed by atoms with E-state index in [1.807, 2.05) is 0 Å². The molecule has 2 heterocycles. The Hall–Kier alpha value is -7.68. The molecule has 338 valence electrons. The fourth-order valence-electron chi connectivity index (χ4n) is 14.8. The van der Waals surface area contributed by atoms with Crippen molar-refractivity contribution < 1.29 is 0 Å². The van der Waals surface area contributed by atoms with Crippen LogP contribution in [0.15, 0.2) is 255 Å². The van der Waals surface area contributed by atoms with Crippen molar-refractivity contribution in [3.63, 3.8) is 0 Å². The molecule has 4 aliphatic carbocycles. The molecular weight excluding hydrogens is 845 g/mol. The zero-order chi connectivity index (χ0) is 46.4. The number of rotatable bonds is 8. The van der Waals surface area contributed by atoms with Crippen LogP contribution in [0.25, 0.3) is 11.1 Å². The highest BCUT2D eigenvalue weighted by Crippen LogP contribution is 2.65. The topological polar surface area (TPSA) is 6.48 Å². The Balaban J connectivity index is 0.933. The van der Waals surface area contributed by atoms with E-state index in [1.54, 1.807) is 0 Å². The van der Waals surface area contributed by atoms with Crippen molar-refractivity contribution in [2.75, 3.05) is 9.80 Å². The number of hydrogen-bond donors (Lipinski definition) is 0. The van der Waals surface area contributed by atoms with Crippen LogP contribution in [0.4, 0.5) is 22.7 Å². The van der Waals surface area contributed by atoms with Gasteiger partial charge in [-0.3, -0.25) is 0 Å². The Bertz CT molecular complexity index is 3110. The van der Waals surface area contributed by atoms with Gasteiger partial charge < -0.3 is 9.80 Å². The highest BCUT2D eigenvalue weighted by Gasteiger charge is 2.56. The third-order valence-electron chi connectivity index (χ3n) is 17.5. The monoisotopic (exact) mass is 900 g/mol. The summed E-state index contributed by atoms with van der Waals surface area (Å²) in [6, 6.07) is 78.9. The summed E-state index contributed by atoms with van der Waals surface area (Å²) in [5.41, 5.74) is 18.0. The smallest absolute Gasteiger partial charge is 0.0603 e. The molecule has 4 unspecified atom stereocenters. The Morgan fingerprint density at radius 3 is 1.11 bits per heavy atom. The van der Waals surface area contributed by atoms with E-state index in [0.717, 1.165) is 6.42 Å². The molecular formula is C68H56N2. The van der Waals surface area contributed by atoms with Crippen molar-refractivity contribution in [2.45, 2.75) is 54.5 Å². The molecule has 8 aromatic rings. The Kier molecular flexibility index (Phi) is 9.40. The van der Waals surface area contributed by atoms with Crippen LogP contribution in [-0.4, -0.2) is 12.1 Å². The second-order valence-corrected chi connectivity index (χ2v) is 20.5. The quantitative estimate of drug-likeness (QED) is 0.150. The Morgan fingerprint density at radius 2 is 0.743 bits per heavy atom. The number of anilines is 4. The first-order chi connectivity index (χ1) is 34.7. The first kappa shape index (κ1) is 41.3. The molecule has 0 spiro atoms. The minimum atomic E-state index is -0.386. The van der Waals surface area contributed by atoms with Crippen LogP contribution in [0.1, 0.15) is 70.7 Å². The predicted molar refractivity (Wildman–Crippen MR) is 289 cm³/mol. The number of para-hydroxylation sites is 2. The first-order valence-corrected chi connectivity index (χ1v) is 25.7. The van der Waals surface area contributed by atoms with E-state index in [9.17, 15) is 0 Å². The van der Waals surface area contributed by atoms with Crippen LogP contribution in [0.2, 0.25) is 0 Å². The van der Waals surface area contributed by atoms with Crippen molar-refractivity contribution in [3.05, 3.63) is 299 Å². The van der Waals surface area contributed by atoms with E-state index < -0.39 is 0 Å². The molecule has 0 radical (unpaired) electrons. The van der Waals surface area contributed by atoms with E-state index in [2.05, 4.69) is 272 Å². The summed E-state index contributed by atoms with van der Waals surface area (Å²) in [5, 5.41) is 0. The lowest BCUT2D eigenvalue weighted by Crippen LogP contribution is -2.53. The maximum Gasteiger partial charge on any atom is 0.0603 e. The van der Waals surface area contributed by atoms with Gasteiger partial charge in [-0.05, 0) is 117 Å². The van der Waals surface area contributed by atoms with E-state index in [-0.39, 0.29) is 40.2 Å². The molecule has 0 aromatic heterocycles. The first-order valence-electron chi connectivity index (χ1n) is 25.7. The SMILES string of the molecule is CCC1(C2CC2)c2cc(N3c4ccccc4C(c4ccccc4)(c4ccccc4)C4C=CC=CC43)ccc2-c2ccc(N3c4ccccc4C(c4ccccc4)(c4ccccc4)C4C=CC=CC43)cc21. The minimum Gasteiger partial charge on any atom is -0.334 e. The highest BCUT2D eigenvalue weighted by molar-refractivity contribution is 5.88. The maximum absolute atomic E-state index is 2.69. The molecule has 1 saturated carbocycles. The molecule has 6 aliphatic rings. The van der Waals surface area contributed by atoms with E-state index >= 15 is 0 Å². The second-order valence-electron chi connectivity index (χ2n) is 20.5. The number of hydrogen-bond acceptors (Lipinski definition) is 2. The van der Waals surface area contributed by atoms with E-state index in [1.165, 1.54) is 91.2 Å². The van der Waals surface area contributed by atoms with Gasteiger partial charge in [-0.15, -0.1) is 0 Å². The zero-order valence-corrected chi connectivity index (χ0v) is 39.7. The van der Waals surface area contributed by atoms with Crippen molar-refractivity contribution in [1.29, 1.82) is 0 Å². The fraction of sp³-hybridized carbons (Fsp3) is 0.176. The molecule has 2 nitrogen and oxygen atoms in total. The summed E-state index contributed by atoms with van der Waals surface area (Å²) < 4.78 is 0. The largest absolute Gasteiger partial charge is 0.334 e. The second kappa shape index (κ2) is 15.9. The van der Waals surface area contributed by atoms with Crippen molar-refractivity contribution in [3.8, 4) is 11.1 Å². The average Bonchev–Trinajstić information content (AvgIpc) is 4.26. The predicted octanol–water partition coefficient (Wildman–Crippen LogP) is 16.0. The number of nitrogens with zero attached hydrogens (tertiary/aromatic N) is 2. The van der Waals surface area contributed by atoms with E-state index in [4.69, 9.17) is 0 Å². The summed E-state index contributed by atoms with van der Waals surface area (Å²) >= 11 is 0. The Morgan fingerprint density at radius 1 is 0.386 bits per heavy atom. The molecule has 1 fully saturated rings. The average molecular weight is 901 g/mol. The number of benzene rings is 8. The van der Waals surface area contributed by atoms with Gasteiger partial charge in [0.2, 0.25) is 0 Å². The lowest BCUT2D eigenvalue weighted by molar-refractivity contribution is 0.384. The number of allylic oxidation sites excluding steroid dienone is 4. The molecule has 0 bridgehead atoms. The van der Waals surface area contributed by atoms with Gasteiger partial charge in [0.15, 0.2) is 0 Å². The number of fused-ring (bicyclic) bond motifs is 7. The van der Waals surface area contributed by atoms with Gasteiger partial charge in [0.1, 0.15) is 0 Å². The Labute approximate surface area is 413 Å². The van der Waals surface area contributed by atoms with Crippen LogP contribution >= 0.6 is 0 Å². The molecule has 0 N–H and O–H groups in total. The van der Waals surface area contributed by atoms with Gasteiger partial charge in [-0.25, -0.2) is 0 Å². The van der Waals surface area contributed by atoms with Gasteiger partial charge in [0, 0.05) is 40.0 Å². The fourth-order valence-corrected chi connectivity index (χ4v) is 14.8. The third kappa shape index (κ3) is 5.62. The summed E-state index contributed by atoms with van der Waals surface area (Å²) in [6.45, 7) is 2.46. The van der Waals surface area contributed by atoms with Crippen molar-refractivity contribution in [2.24, 2.45) is 17.8 Å². The summed E-state index contributed by atoms with van der Waals surface area (Å²) in [5.74, 6) is 0.882. The maximum atomic E-state index is 2.69. The lowest BCUT2D eigenvalue weighted by atomic mass is 9.56. The van der Waals surface area contributed by atoms with Crippen LogP contribution < -0.4 is 9.80 Å². The highest BCUT2D eigenvalue weighted by atomic mass is 15.2. The van der Waals surface area contributed by atoms with E-state index in [0.29, 0.717) is 5.92 Å². The van der Waals surface area contributed by atoms with Crippen LogP contribution in [0.5, 0.6) is 0 Å². The summed E-state index contributed by atoms with van der Waals surface area (Å²) in [4.78, 5) is 5.37. The normalized spacial score (nSPS) is 23.7. The molecule has 2 heteroatoms. The standard InChI is InChI=1S/C68H56N2/c1-2-66(47-39-40-47)60-45-52(69-62-35-19-15-31-56(62)67(48-23-7-3-8-24-48,49-25-9-4-10-26-49)57-32-16-20-36-63(57)69)41-43-54(60)55-44-42-53(46-61(55)66)70-64-37-21-17-33-58(64)68(50-27-11-5-12-28-50,51-29-13-6-14-30-51)59-34-18-22-38-65(59)70/h3-38,41-47,56,58,62,64H,2,39-40H2,1H3. The molecule has 0 amide bonds. The van der Waals surface area contributed by atoms with Crippen LogP contribution in [0, 0.1) is 17.8 Å². The lowest BCUT2D eigenvalue weighted by Gasteiger charge is -2.54. The summed E-state index contributed by atoms with van der Waals surface area (Å²) in [7, 11) is 0. The zero-order valence-electron chi connectivity index (χ0n) is 39.7. The molecule has 70 heavy (non-hydrogen) atoms. The third-order valence-corrected chi connectivity index (χ3v) is 17.5. The molecule has 0 saturated heterocycles. The van der Waals surface area contributed by atoms with Crippen LogP contribution in [-0.2, 0) is 16.2 Å². The molecule has 14 rings (SSSR count). The minimum absolute atomic E-state index is 0.0919. The summed E-state index contributed by atoms with van der Waals surface area (Å²) in [6.07, 6.45) is 22.6. The molecule has 4 atom stereocenters.